The lowest BCUT2D eigenvalue weighted by atomic mass is 9.95. The molecule has 0 amide bonds. The summed E-state index contributed by atoms with van der Waals surface area (Å²) in [5.74, 6) is 1.10. The van der Waals surface area contributed by atoms with E-state index in [1.54, 1.807) is 0 Å². The minimum atomic E-state index is -0.203. The largest absolute Gasteiger partial charge is 0.391 e. The molecular weight excluding hydrogens is 260 g/mol. The highest BCUT2D eigenvalue weighted by atomic mass is 16.3. The van der Waals surface area contributed by atoms with Crippen molar-refractivity contribution in [2.45, 2.75) is 46.8 Å². The molecule has 0 aromatic heterocycles. The van der Waals surface area contributed by atoms with Gasteiger partial charge in [0.15, 0.2) is 0 Å². The molecule has 3 heteroatoms. The number of nitrogens with zero attached hydrogens (tertiary/aromatic N) is 1. The van der Waals surface area contributed by atoms with Crippen molar-refractivity contribution in [1.29, 1.82) is 0 Å². The van der Waals surface area contributed by atoms with Crippen LogP contribution in [-0.2, 0) is 6.54 Å². The number of rotatable bonds is 5. The lowest BCUT2D eigenvalue weighted by molar-refractivity contribution is 0.103. The standard InChI is InChI=1S/C18H30N2O/c1-13(2)10-19-11-16-5-6-17(15(4)9-16)20-8-7-14(3)18(21)12-20/h5-6,9,13-14,18-19,21H,7-8,10-12H2,1-4H3. The molecule has 0 aliphatic carbocycles. The maximum atomic E-state index is 10.1. The van der Waals surface area contributed by atoms with E-state index in [-0.39, 0.29) is 6.10 Å². The van der Waals surface area contributed by atoms with Crippen molar-refractivity contribution >= 4 is 5.69 Å². The van der Waals surface area contributed by atoms with Gasteiger partial charge < -0.3 is 15.3 Å². The number of aliphatic hydroxyl groups is 1. The molecule has 1 aliphatic heterocycles. The summed E-state index contributed by atoms with van der Waals surface area (Å²) in [7, 11) is 0. The van der Waals surface area contributed by atoms with Gasteiger partial charge in [-0.3, -0.25) is 0 Å². The second-order valence-electron chi connectivity index (χ2n) is 6.92. The predicted molar refractivity (Wildman–Crippen MR) is 89.7 cm³/mol. The molecule has 1 aliphatic rings. The van der Waals surface area contributed by atoms with Crippen LogP contribution < -0.4 is 10.2 Å². The fourth-order valence-corrected chi connectivity index (χ4v) is 2.96. The van der Waals surface area contributed by atoms with Gasteiger partial charge in [0.25, 0.3) is 0 Å². The molecule has 1 fully saturated rings. The number of benzene rings is 1. The van der Waals surface area contributed by atoms with E-state index in [4.69, 9.17) is 0 Å². The van der Waals surface area contributed by atoms with Crippen LogP contribution in [0, 0.1) is 18.8 Å². The van der Waals surface area contributed by atoms with E-state index in [0.717, 1.165) is 32.6 Å². The van der Waals surface area contributed by atoms with Gasteiger partial charge in [-0.2, -0.15) is 0 Å². The summed E-state index contributed by atoms with van der Waals surface area (Å²) < 4.78 is 0. The van der Waals surface area contributed by atoms with Gasteiger partial charge in [0.1, 0.15) is 0 Å². The van der Waals surface area contributed by atoms with Crippen molar-refractivity contribution < 1.29 is 5.11 Å². The lowest BCUT2D eigenvalue weighted by Crippen LogP contribution is -2.43. The Kier molecular flexibility index (Phi) is 5.65. The third kappa shape index (κ3) is 4.45. The van der Waals surface area contributed by atoms with Gasteiger partial charge in [0, 0.05) is 25.3 Å². The summed E-state index contributed by atoms with van der Waals surface area (Å²) >= 11 is 0. The smallest absolute Gasteiger partial charge is 0.0741 e. The average molecular weight is 290 g/mol. The maximum Gasteiger partial charge on any atom is 0.0741 e. The van der Waals surface area contributed by atoms with Gasteiger partial charge in [-0.05, 0) is 48.9 Å². The monoisotopic (exact) mass is 290 g/mol. The van der Waals surface area contributed by atoms with Gasteiger partial charge in [-0.25, -0.2) is 0 Å². The molecule has 1 aromatic carbocycles. The number of nitrogens with one attached hydrogen (secondary N) is 1. The van der Waals surface area contributed by atoms with Crippen molar-refractivity contribution in [2.24, 2.45) is 11.8 Å². The normalized spacial score (nSPS) is 22.9. The van der Waals surface area contributed by atoms with Gasteiger partial charge in [-0.1, -0.05) is 32.9 Å². The third-order valence-corrected chi connectivity index (χ3v) is 4.40. The fourth-order valence-electron chi connectivity index (χ4n) is 2.96. The Morgan fingerprint density at radius 3 is 2.76 bits per heavy atom. The lowest BCUT2D eigenvalue weighted by Gasteiger charge is -2.36. The molecule has 0 radical (unpaired) electrons. The first-order valence-corrected chi connectivity index (χ1v) is 8.20. The number of hydrogen-bond donors (Lipinski definition) is 2. The highest BCUT2D eigenvalue weighted by Gasteiger charge is 2.25. The molecule has 0 spiro atoms. The summed E-state index contributed by atoms with van der Waals surface area (Å²) in [6, 6.07) is 6.69. The molecule has 2 atom stereocenters. The summed E-state index contributed by atoms with van der Waals surface area (Å²) in [5, 5.41) is 13.6. The SMILES string of the molecule is Cc1cc(CNCC(C)C)ccc1N1CCC(C)C(O)C1. The second kappa shape index (κ2) is 7.28. The van der Waals surface area contributed by atoms with Crippen LogP contribution in [-0.4, -0.2) is 30.8 Å². The molecule has 2 unspecified atom stereocenters. The molecule has 1 saturated heterocycles. The van der Waals surface area contributed by atoms with Crippen LogP contribution >= 0.6 is 0 Å². The Morgan fingerprint density at radius 1 is 1.38 bits per heavy atom. The van der Waals surface area contributed by atoms with Crippen molar-refractivity contribution in [3.8, 4) is 0 Å². The van der Waals surface area contributed by atoms with Crippen LogP contribution in [0.3, 0.4) is 0 Å². The minimum absolute atomic E-state index is 0.203. The van der Waals surface area contributed by atoms with Crippen LogP contribution in [0.25, 0.3) is 0 Å². The number of anilines is 1. The molecule has 2 N–H and O–H groups in total. The molecule has 118 valence electrons. The maximum absolute atomic E-state index is 10.1. The van der Waals surface area contributed by atoms with E-state index in [9.17, 15) is 5.11 Å². The number of β-amino-alcohol motifs (C(OH)–C–C–N with tert-alkyl or cyclic N) is 1. The molecule has 3 nitrogen and oxygen atoms in total. The van der Waals surface area contributed by atoms with Crippen molar-refractivity contribution in [1.82, 2.24) is 5.32 Å². The van der Waals surface area contributed by atoms with Gasteiger partial charge >= 0.3 is 0 Å². The Balaban J connectivity index is 1.99. The van der Waals surface area contributed by atoms with E-state index in [1.165, 1.54) is 16.8 Å². The number of aryl methyl sites for hydroxylation is 1. The first-order chi connectivity index (χ1) is 9.97. The minimum Gasteiger partial charge on any atom is -0.391 e. The van der Waals surface area contributed by atoms with Crippen LogP contribution in [0.5, 0.6) is 0 Å². The Morgan fingerprint density at radius 2 is 2.14 bits per heavy atom. The van der Waals surface area contributed by atoms with E-state index >= 15 is 0 Å². The van der Waals surface area contributed by atoms with Crippen LogP contribution in [0.15, 0.2) is 18.2 Å². The third-order valence-electron chi connectivity index (χ3n) is 4.40. The van der Waals surface area contributed by atoms with Gasteiger partial charge in [0.05, 0.1) is 6.10 Å². The number of aliphatic hydroxyl groups excluding tert-OH is 1. The average Bonchev–Trinajstić information content (AvgIpc) is 2.42. The topological polar surface area (TPSA) is 35.5 Å². The van der Waals surface area contributed by atoms with E-state index in [0.29, 0.717) is 11.8 Å². The number of piperidine rings is 1. The highest BCUT2D eigenvalue weighted by Crippen LogP contribution is 2.26. The zero-order valence-corrected chi connectivity index (χ0v) is 13.9. The molecule has 21 heavy (non-hydrogen) atoms. The molecule has 0 bridgehead atoms. The van der Waals surface area contributed by atoms with Crippen LogP contribution in [0.1, 0.15) is 38.3 Å². The first-order valence-electron chi connectivity index (χ1n) is 8.20. The zero-order chi connectivity index (χ0) is 15.4. The van der Waals surface area contributed by atoms with Crippen LogP contribution in [0.4, 0.5) is 5.69 Å². The number of hydrogen-bond acceptors (Lipinski definition) is 3. The summed E-state index contributed by atoms with van der Waals surface area (Å²) in [4.78, 5) is 2.32. The quantitative estimate of drug-likeness (QED) is 0.875. The van der Waals surface area contributed by atoms with E-state index < -0.39 is 0 Å². The van der Waals surface area contributed by atoms with Crippen molar-refractivity contribution in [3.63, 3.8) is 0 Å². The summed E-state index contributed by atoms with van der Waals surface area (Å²) in [5.41, 5.74) is 3.91. The van der Waals surface area contributed by atoms with Crippen LogP contribution in [0.2, 0.25) is 0 Å². The molecular formula is C18H30N2O. The van der Waals surface area contributed by atoms with E-state index in [1.807, 2.05) is 0 Å². The highest BCUT2D eigenvalue weighted by molar-refractivity contribution is 5.55. The first kappa shape index (κ1) is 16.3. The van der Waals surface area contributed by atoms with Gasteiger partial charge in [-0.15, -0.1) is 0 Å². The Hall–Kier alpha value is -1.06. The summed E-state index contributed by atoms with van der Waals surface area (Å²) in [6.45, 7) is 12.5. The Bertz CT molecular complexity index is 459. The predicted octanol–water partition coefficient (Wildman–Crippen LogP) is 2.95. The van der Waals surface area contributed by atoms with Gasteiger partial charge in [0.2, 0.25) is 0 Å². The molecule has 1 aromatic rings. The van der Waals surface area contributed by atoms with Crippen molar-refractivity contribution in [2.75, 3.05) is 24.5 Å². The molecule has 1 heterocycles. The molecule has 0 saturated carbocycles. The Labute approximate surface area is 129 Å². The fraction of sp³-hybridized carbons (Fsp3) is 0.667. The zero-order valence-electron chi connectivity index (χ0n) is 13.9. The van der Waals surface area contributed by atoms with Crippen molar-refractivity contribution in [3.05, 3.63) is 29.3 Å². The second-order valence-corrected chi connectivity index (χ2v) is 6.92. The van der Waals surface area contributed by atoms with E-state index in [2.05, 4.69) is 56.1 Å². The molecule has 2 rings (SSSR count). The summed E-state index contributed by atoms with van der Waals surface area (Å²) in [6.07, 6.45) is 0.865.